The Balaban J connectivity index is 2.37. The van der Waals surface area contributed by atoms with E-state index in [-0.39, 0.29) is 21.4 Å². The average molecular weight is 298 g/mol. The van der Waals surface area contributed by atoms with E-state index < -0.39 is 10.0 Å². The largest absolute Gasteiger partial charge is 0.338 e. The Bertz CT molecular complexity index is 762. The van der Waals surface area contributed by atoms with Gasteiger partial charge in [0.05, 0.1) is 22.3 Å². The van der Waals surface area contributed by atoms with Gasteiger partial charge in [-0.2, -0.15) is 5.26 Å². The number of hydrogen-bond donors (Lipinski definition) is 1. The third kappa shape index (κ3) is 2.86. The Kier molecular flexibility index (Phi) is 3.46. The van der Waals surface area contributed by atoms with Gasteiger partial charge in [0, 0.05) is 6.07 Å². The number of rotatable bonds is 3. The first-order chi connectivity index (χ1) is 8.92. The van der Waals surface area contributed by atoms with Crippen LogP contribution >= 0.6 is 11.6 Å². The van der Waals surface area contributed by atoms with Crippen molar-refractivity contribution in [1.29, 1.82) is 5.26 Å². The molecule has 1 heterocycles. The van der Waals surface area contributed by atoms with E-state index in [4.69, 9.17) is 21.4 Å². The van der Waals surface area contributed by atoms with E-state index in [0.717, 1.165) is 0 Å². The number of aromatic nitrogens is 1. The Hall–Kier alpha value is -2.04. The molecule has 0 radical (unpaired) electrons. The molecule has 0 saturated carbocycles. The molecule has 6 nitrogen and oxygen atoms in total. The predicted octanol–water partition coefficient (Wildman–Crippen LogP) is 2.31. The molecule has 0 atom stereocenters. The molecule has 1 aromatic carbocycles. The molecule has 2 rings (SSSR count). The van der Waals surface area contributed by atoms with E-state index >= 15 is 0 Å². The maximum absolute atomic E-state index is 12.1. The van der Waals surface area contributed by atoms with E-state index in [1.165, 1.54) is 24.3 Å². The van der Waals surface area contributed by atoms with Gasteiger partial charge in [0.25, 0.3) is 10.0 Å². The highest BCUT2D eigenvalue weighted by atomic mass is 35.5. The van der Waals surface area contributed by atoms with Gasteiger partial charge in [-0.25, -0.2) is 13.1 Å². The van der Waals surface area contributed by atoms with E-state index in [9.17, 15) is 8.42 Å². The third-order valence-electron chi connectivity index (χ3n) is 2.21. The van der Waals surface area contributed by atoms with Crippen molar-refractivity contribution in [3.05, 3.63) is 40.5 Å². The quantitative estimate of drug-likeness (QED) is 0.937. The lowest BCUT2D eigenvalue weighted by molar-refractivity contribution is 0.430. The maximum atomic E-state index is 12.1. The first kappa shape index (κ1) is 13.4. The minimum absolute atomic E-state index is 0.00192. The Labute approximate surface area is 114 Å². The maximum Gasteiger partial charge on any atom is 0.265 e. The number of benzene rings is 1. The molecule has 0 spiro atoms. The van der Waals surface area contributed by atoms with Gasteiger partial charge in [-0.3, -0.25) is 0 Å². The number of sulfonamides is 1. The molecule has 0 aliphatic carbocycles. The number of nitrogens with zero attached hydrogens (tertiary/aromatic N) is 2. The van der Waals surface area contributed by atoms with Gasteiger partial charge >= 0.3 is 0 Å². The molecule has 98 valence electrons. The van der Waals surface area contributed by atoms with Gasteiger partial charge in [-0.05, 0) is 25.1 Å². The van der Waals surface area contributed by atoms with Crippen molar-refractivity contribution in [2.75, 3.05) is 4.72 Å². The van der Waals surface area contributed by atoms with Gasteiger partial charge < -0.3 is 4.52 Å². The van der Waals surface area contributed by atoms with Gasteiger partial charge in [0.2, 0.25) is 5.88 Å². The molecule has 0 saturated heterocycles. The SMILES string of the molecule is Cc1cc(NS(=O)(=O)c2ccc(C#N)cc2Cl)on1. The molecule has 19 heavy (non-hydrogen) atoms. The molecule has 0 aliphatic heterocycles. The number of anilines is 1. The Morgan fingerprint density at radius 1 is 1.42 bits per heavy atom. The first-order valence-corrected chi connectivity index (χ1v) is 6.94. The number of hydrogen-bond acceptors (Lipinski definition) is 5. The van der Waals surface area contributed by atoms with Crippen molar-refractivity contribution in [3.8, 4) is 6.07 Å². The Morgan fingerprint density at radius 3 is 2.68 bits per heavy atom. The number of nitriles is 1. The van der Waals surface area contributed by atoms with E-state index in [2.05, 4.69) is 9.88 Å². The molecular weight excluding hydrogens is 290 g/mol. The fraction of sp³-hybridized carbons (Fsp3) is 0.0909. The summed E-state index contributed by atoms with van der Waals surface area (Å²) in [5.41, 5.74) is 0.822. The molecule has 1 aromatic heterocycles. The summed E-state index contributed by atoms with van der Waals surface area (Å²) in [4.78, 5) is -0.137. The van der Waals surface area contributed by atoms with Crippen molar-refractivity contribution in [1.82, 2.24) is 5.16 Å². The fourth-order valence-electron chi connectivity index (χ4n) is 1.39. The first-order valence-electron chi connectivity index (χ1n) is 5.08. The van der Waals surface area contributed by atoms with Crippen LogP contribution in [0.3, 0.4) is 0 Å². The van der Waals surface area contributed by atoms with Crippen LogP contribution in [-0.4, -0.2) is 13.6 Å². The second-order valence-electron chi connectivity index (χ2n) is 3.70. The lowest BCUT2D eigenvalue weighted by Crippen LogP contribution is -2.13. The minimum Gasteiger partial charge on any atom is -0.338 e. The molecule has 2 aromatic rings. The van der Waals surface area contributed by atoms with Gasteiger partial charge in [0.1, 0.15) is 4.90 Å². The summed E-state index contributed by atoms with van der Waals surface area (Å²) in [6.07, 6.45) is 0. The van der Waals surface area contributed by atoms with Crippen LogP contribution in [0.4, 0.5) is 5.88 Å². The van der Waals surface area contributed by atoms with Crippen LogP contribution in [0.25, 0.3) is 0 Å². The zero-order valence-electron chi connectivity index (χ0n) is 9.71. The van der Waals surface area contributed by atoms with Crippen molar-refractivity contribution in [2.24, 2.45) is 0 Å². The highest BCUT2D eigenvalue weighted by molar-refractivity contribution is 7.92. The average Bonchev–Trinajstić information content (AvgIpc) is 2.73. The van der Waals surface area contributed by atoms with E-state index in [1.807, 2.05) is 6.07 Å². The van der Waals surface area contributed by atoms with E-state index in [0.29, 0.717) is 5.69 Å². The van der Waals surface area contributed by atoms with Crippen LogP contribution in [0.2, 0.25) is 5.02 Å². The van der Waals surface area contributed by atoms with Gasteiger partial charge in [-0.1, -0.05) is 16.8 Å². The number of halogens is 1. The summed E-state index contributed by atoms with van der Waals surface area (Å²) in [5, 5.41) is 12.2. The van der Waals surface area contributed by atoms with Gasteiger partial charge in [0.15, 0.2) is 0 Å². The molecular formula is C11H8ClN3O3S. The molecule has 0 unspecified atom stereocenters. The molecule has 0 bridgehead atoms. The monoisotopic (exact) mass is 297 g/mol. The van der Waals surface area contributed by atoms with Crippen LogP contribution < -0.4 is 4.72 Å². The lowest BCUT2D eigenvalue weighted by Gasteiger charge is -2.06. The number of nitrogens with one attached hydrogen (secondary N) is 1. The number of aryl methyl sites for hydroxylation is 1. The lowest BCUT2D eigenvalue weighted by atomic mass is 10.2. The van der Waals surface area contributed by atoms with Gasteiger partial charge in [-0.15, -0.1) is 0 Å². The summed E-state index contributed by atoms with van der Waals surface area (Å²) in [7, 11) is -3.88. The smallest absolute Gasteiger partial charge is 0.265 e. The Morgan fingerprint density at radius 2 is 2.16 bits per heavy atom. The zero-order valence-corrected chi connectivity index (χ0v) is 11.3. The van der Waals surface area contributed by atoms with E-state index in [1.54, 1.807) is 6.92 Å². The summed E-state index contributed by atoms with van der Waals surface area (Å²) < 4.78 is 31.1. The molecule has 8 heteroatoms. The van der Waals surface area contributed by atoms with Crippen molar-refractivity contribution in [2.45, 2.75) is 11.8 Å². The van der Waals surface area contributed by atoms with Crippen molar-refractivity contribution < 1.29 is 12.9 Å². The van der Waals surface area contributed by atoms with Crippen molar-refractivity contribution >= 4 is 27.5 Å². The predicted molar refractivity (Wildman–Crippen MR) is 68.2 cm³/mol. The summed E-state index contributed by atoms with van der Waals surface area (Å²) >= 11 is 5.85. The molecule has 0 aliphatic rings. The molecule has 1 N–H and O–H groups in total. The van der Waals surface area contributed by atoms with Crippen LogP contribution in [0.1, 0.15) is 11.3 Å². The van der Waals surface area contributed by atoms with Crippen LogP contribution in [0.15, 0.2) is 33.7 Å². The topological polar surface area (TPSA) is 96.0 Å². The van der Waals surface area contributed by atoms with Crippen LogP contribution in [-0.2, 0) is 10.0 Å². The molecule has 0 fully saturated rings. The van der Waals surface area contributed by atoms with Crippen LogP contribution in [0, 0.1) is 18.3 Å². The zero-order chi connectivity index (χ0) is 14.0. The van der Waals surface area contributed by atoms with Crippen molar-refractivity contribution in [3.63, 3.8) is 0 Å². The normalized spacial score (nSPS) is 11.0. The highest BCUT2D eigenvalue weighted by Gasteiger charge is 2.20. The second-order valence-corrected chi connectivity index (χ2v) is 5.75. The standard InChI is InChI=1S/C11H8ClN3O3S/c1-7-4-11(18-14-7)15-19(16,17)10-3-2-8(6-13)5-9(10)12/h2-5,15H,1H3. The third-order valence-corrected chi connectivity index (χ3v) is 4.04. The summed E-state index contributed by atoms with van der Waals surface area (Å²) in [6, 6.07) is 7.21. The second kappa shape index (κ2) is 4.91. The fourth-order valence-corrected chi connectivity index (χ4v) is 2.91. The summed E-state index contributed by atoms with van der Waals surface area (Å²) in [6.45, 7) is 1.66. The highest BCUT2D eigenvalue weighted by Crippen LogP contribution is 2.24. The summed E-state index contributed by atoms with van der Waals surface area (Å²) in [5.74, 6) is -0.00192. The molecule has 0 amide bonds. The minimum atomic E-state index is -3.88. The van der Waals surface area contributed by atoms with Crippen LogP contribution in [0.5, 0.6) is 0 Å².